The molecule has 1 aromatic carbocycles. The lowest BCUT2D eigenvalue weighted by atomic mass is 10.1. The van der Waals surface area contributed by atoms with E-state index in [9.17, 15) is 4.79 Å². The Morgan fingerprint density at radius 1 is 1.40 bits per heavy atom. The normalized spacial score (nSPS) is 12.5. The summed E-state index contributed by atoms with van der Waals surface area (Å²) in [5.74, 6) is 0.246. The lowest BCUT2D eigenvalue weighted by molar-refractivity contribution is 0.0697. The number of rotatable bonds is 6. The summed E-state index contributed by atoms with van der Waals surface area (Å²) in [5, 5.41) is 15.7. The molecule has 1 N–H and O–H groups in total. The quantitative estimate of drug-likeness (QED) is 0.722. The number of carboxylic acids is 1. The van der Waals surface area contributed by atoms with Gasteiger partial charge in [0, 0.05) is 17.5 Å². The first-order chi connectivity index (χ1) is 11.9. The van der Waals surface area contributed by atoms with Crippen LogP contribution in [-0.4, -0.2) is 38.1 Å². The minimum Gasteiger partial charge on any atom is -0.478 e. The van der Waals surface area contributed by atoms with Crippen LogP contribution in [0.3, 0.4) is 0 Å². The Bertz CT molecular complexity index is 889. The topological polar surface area (TPSA) is 92.4 Å². The Kier molecular flexibility index (Phi) is 4.91. The Labute approximate surface area is 148 Å². The molecule has 1 atom stereocenters. The van der Waals surface area contributed by atoms with Crippen molar-refractivity contribution in [3.8, 4) is 10.6 Å². The standard InChI is InChI=1S/C17H18N4O3S/c1-10(15-18-11(2)20-24-15)21(3)8-14-9-25-16(19-14)12-5-4-6-13(7-12)17(22)23/h4-7,9-10H,8H2,1-3H3,(H,22,23). The SMILES string of the molecule is Cc1noc(C(C)N(C)Cc2csc(-c3cccc(C(=O)O)c3)n2)n1. The number of carbonyl (C=O) groups is 1. The minimum absolute atomic E-state index is 0.0262. The number of hydrogen-bond acceptors (Lipinski definition) is 7. The van der Waals surface area contributed by atoms with Gasteiger partial charge in [0.25, 0.3) is 0 Å². The van der Waals surface area contributed by atoms with Crippen LogP contribution in [0.25, 0.3) is 10.6 Å². The summed E-state index contributed by atoms with van der Waals surface area (Å²) in [5.41, 5.74) is 1.97. The predicted octanol–water partition coefficient (Wildman–Crippen LogP) is 3.39. The van der Waals surface area contributed by atoms with E-state index < -0.39 is 5.97 Å². The van der Waals surface area contributed by atoms with Crippen molar-refractivity contribution in [3.05, 3.63) is 52.6 Å². The molecule has 2 aromatic heterocycles. The number of thiazole rings is 1. The van der Waals surface area contributed by atoms with Gasteiger partial charge in [0.1, 0.15) is 5.01 Å². The van der Waals surface area contributed by atoms with Crippen LogP contribution < -0.4 is 0 Å². The number of hydrogen-bond donors (Lipinski definition) is 1. The predicted molar refractivity (Wildman–Crippen MR) is 93.4 cm³/mol. The number of benzene rings is 1. The van der Waals surface area contributed by atoms with Gasteiger partial charge in [0.15, 0.2) is 5.82 Å². The molecule has 2 heterocycles. The Morgan fingerprint density at radius 3 is 2.88 bits per heavy atom. The molecular weight excluding hydrogens is 340 g/mol. The first-order valence-electron chi connectivity index (χ1n) is 7.72. The zero-order valence-corrected chi connectivity index (χ0v) is 14.9. The molecule has 0 aliphatic rings. The number of carboxylic acid groups (broad SMARTS) is 1. The van der Waals surface area contributed by atoms with E-state index in [2.05, 4.69) is 20.0 Å². The Morgan fingerprint density at radius 2 is 2.20 bits per heavy atom. The van der Waals surface area contributed by atoms with E-state index in [4.69, 9.17) is 9.63 Å². The molecule has 8 heteroatoms. The van der Waals surface area contributed by atoms with Gasteiger partial charge in [-0.3, -0.25) is 4.90 Å². The van der Waals surface area contributed by atoms with Crippen molar-refractivity contribution in [2.45, 2.75) is 26.4 Å². The molecule has 3 rings (SSSR count). The zero-order valence-electron chi connectivity index (χ0n) is 14.1. The van der Waals surface area contributed by atoms with Crippen molar-refractivity contribution in [1.29, 1.82) is 0 Å². The van der Waals surface area contributed by atoms with Crippen LogP contribution >= 0.6 is 11.3 Å². The van der Waals surface area contributed by atoms with Gasteiger partial charge in [0.2, 0.25) is 5.89 Å². The minimum atomic E-state index is -0.943. The van der Waals surface area contributed by atoms with Gasteiger partial charge in [-0.05, 0) is 33.0 Å². The highest BCUT2D eigenvalue weighted by Gasteiger charge is 2.19. The number of aryl methyl sites for hydroxylation is 1. The lowest BCUT2D eigenvalue weighted by Crippen LogP contribution is -2.22. The van der Waals surface area contributed by atoms with Crippen LogP contribution in [0.1, 0.15) is 40.7 Å². The fraction of sp³-hybridized carbons (Fsp3) is 0.294. The van der Waals surface area contributed by atoms with Crippen molar-refractivity contribution in [1.82, 2.24) is 20.0 Å². The van der Waals surface area contributed by atoms with Gasteiger partial charge in [-0.25, -0.2) is 9.78 Å². The summed E-state index contributed by atoms with van der Waals surface area (Å²) in [4.78, 5) is 22.1. The molecule has 0 aliphatic heterocycles. The van der Waals surface area contributed by atoms with Crippen LogP contribution in [-0.2, 0) is 6.54 Å². The maximum Gasteiger partial charge on any atom is 0.335 e. The van der Waals surface area contributed by atoms with Crippen LogP contribution in [0.2, 0.25) is 0 Å². The van der Waals surface area contributed by atoms with Crippen molar-refractivity contribution < 1.29 is 14.4 Å². The van der Waals surface area contributed by atoms with Gasteiger partial charge in [-0.15, -0.1) is 11.3 Å². The monoisotopic (exact) mass is 358 g/mol. The van der Waals surface area contributed by atoms with Gasteiger partial charge in [-0.1, -0.05) is 17.3 Å². The summed E-state index contributed by atoms with van der Waals surface area (Å²) < 4.78 is 5.22. The van der Waals surface area contributed by atoms with Crippen molar-refractivity contribution in [3.63, 3.8) is 0 Å². The largest absolute Gasteiger partial charge is 0.478 e. The second kappa shape index (κ2) is 7.12. The van der Waals surface area contributed by atoms with Crippen molar-refractivity contribution in [2.24, 2.45) is 0 Å². The van der Waals surface area contributed by atoms with Crippen LogP contribution in [0, 0.1) is 6.92 Å². The van der Waals surface area contributed by atoms with Gasteiger partial charge in [0.05, 0.1) is 17.3 Å². The van der Waals surface area contributed by atoms with E-state index in [-0.39, 0.29) is 11.6 Å². The van der Waals surface area contributed by atoms with Crippen LogP contribution in [0.5, 0.6) is 0 Å². The number of aromatic carboxylic acids is 1. The number of nitrogens with zero attached hydrogens (tertiary/aromatic N) is 4. The van der Waals surface area contributed by atoms with E-state index in [0.29, 0.717) is 18.3 Å². The second-order valence-electron chi connectivity index (χ2n) is 5.80. The third-order valence-electron chi connectivity index (χ3n) is 3.88. The third-order valence-corrected chi connectivity index (χ3v) is 4.82. The summed E-state index contributed by atoms with van der Waals surface area (Å²) in [6.45, 7) is 4.41. The van der Waals surface area contributed by atoms with Gasteiger partial charge in [-0.2, -0.15) is 4.98 Å². The molecule has 130 valence electrons. The van der Waals surface area contributed by atoms with E-state index in [1.165, 1.54) is 11.3 Å². The molecule has 0 amide bonds. The molecular formula is C17H18N4O3S. The maximum absolute atomic E-state index is 11.1. The molecule has 0 bridgehead atoms. The molecule has 3 aromatic rings. The highest BCUT2D eigenvalue weighted by molar-refractivity contribution is 7.13. The molecule has 0 spiro atoms. The highest BCUT2D eigenvalue weighted by atomic mass is 32.1. The van der Waals surface area contributed by atoms with E-state index >= 15 is 0 Å². The summed E-state index contributed by atoms with van der Waals surface area (Å²) in [7, 11) is 1.97. The maximum atomic E-state index is 11.1. The summed E-state index contributed by atoms with van der Waals surface area (Å²) in [6, 6.07) is 6.77. The van der Waals surface area contributed by atoms with Crippen molar-refractivity contribution >= 4 is 17.3 Å². The molecule has 0 aliphatic carbocycles. The molecule has 0 fully saturated rings. The molecule has 0 saturated carbocycles. The zero-order chi connectivity index (χ0) is 18.0. The lowest BCUT2D eigenvalue weighted by Gasteiger charge is -2.20. The average molecular weight is 358 g/mol. The van der Waals surface area contributed by atoms with Crippen LogP contribution in [0.4, 0.5) is 0 Å². The molecule has 25 heavy (non-hydrogen) atoms. The average Bonchev–Trinajstić information content (AvgIpc) is 3.23. The smallest absolute Gasteiger partial charge is 0.335 e. The van der Waals surface area contributed by atoms with Gasteiger partial charge < -0.3 is 9.63 Å². The second-order valence-corrected chi connectivity index (χ2v) is 6.66. The molecule has 0 radical (unpaired) electrons. The summed E-state index contributed by atoms with van der Waals surface area (Å²) in [6.07, 6.45) is 0. The fourth-order valence-corrected chi connectivity index (χ4v) is 3.17. The van der Waals surface area contributed by atoms with E-state index in [1.54, 1.807) is 25.1 Å². The Balaban J connectivity index is 1.73. The van der Waals surface area contributed by atoms with E-state index in [0.717, 1.165) is 16.3 Å². The third kappa shape index (κ3) is 3.92. The highest BCUT2D eigenvalue weighted by Crippen LogP contribution is 2.26. The number of aromatic nitrogens is 3. The first-order valence-corrected chi connectivity index (χ1v) is 8.60. The van der Waals surface area contributed by atoms with E-state index in [1.807, 2.05) is 25.4 Å². The Hall–Kier alpha value is -2.58. The molecule has 0 saturated heterocycles. The van der Waals surface area contributed by atoms with Crippen molar-refractivity contribution in [2.75, 3.05) is 7.05 Å². The summed E-state index contributed by atoms with van der Waals surface area (Å²) >= 11 is 1.49. The van der Waals surface area contributed by atoms with Crippen LogP contribution in [0.15, 0.2) is 34.2 Å². The fourth-order valence-electron chi connectivity index (χ4n) is 2.36. The van der Waals surface area contributed by atoms with Gasteiger partial charge >= 0.3 is 5.97 Å². The molecule has 1 unspecified atom stereocenters. The molecule has 7 nitrogen and oxygen atoms in total. The first kappa shape index (κ1) is 17.2.